The number of nitrogens with one attached hydrogen (secondary N) is 2. The number of piperidine rings is 1. The Hall–Kier alpha value is -2.63. The van der Waals surface area contributed by atoms with Crippen molar-refractivity contribution in [2.24, 2.45) is 10.9 Å². The molecular formula is C22H30FN5. The summed E-state index contributed by atoms with van der Waals surface area (Å²) in [5.41, 5.74) is 2.08. The molecule has 1 aromatic carbocycles. The third kappa shape index (κ3) is 5.94. The van der Waals surface area contributed by atoms with Gasteiger partial charge in [-0.25, -0.2) is 9.37 Å². The molecule has 5 nitrogen and oxygen atoms in total. The van der Waals surface area contributed by atoms with E-state index in [2.05, 4.69) is 44.6 Å². The van der Waals surface area contributed by atoms with Crippen molar-refractivity contribution in [3.8, 4) is 0 Å². The van der Waals surface area contributed by atoms with Crippen LogP contribution in [0, 0.1) is 11.7 Å². The van der Waals surface area contributed by atoms with Crippen LogP contribution in [-0.2, 0) is 13.0 Å². The summed E-state index contributed by atoms with van der Waals surface area (Å²) in [5, 5.41) is 6.56. The Morgan fingerprint density at radius 3 is 2.68 bits per heavy atom. The molecule has 0 bridgehead atoms. The summed E-state index contributed by atoms with van der Waals surface area (Å²) in [6, 6.07) is 10.9. The van der Waals surface area contributed by atoms with Gasteiger partial charge in [-0.05, 0) is 54.5 Å². The van der Waals surface area contributed by atoms with Crippen LogP contribution in [0.25, 0.3) is 0 Å². The minimum absolute atomic E-state index is 0.199. The fraction of sp³-hybridized carbons (Fsp3) is 0.455. The van der Waals surface area contributed by atoms with Gasteiger partial charge < -0.3 is 15.5 Å². The summed E-state index contributed by atoms with van der Waals surface area (Å²) in [6.45, 7) is 5.84. The first-order chi connectivity index (χ1) is 13.6. The quantitative estimate of drug-likeness (QED) is 0.593. The second kappa shape index (κ2) is 10.1. The van der Waals surface area contributed by atoms with Crippen LogP contribution in [0.3, 0.4) is 0 Å². The maximum Gasteiger partial charge on any atom is 0.191 e. The first kappa shape index (κ1) is 20.1. The van der Waals surface area contributed by atoms with Gasteiger partial charge in [-0.3, -0.25) is 4.99 Å². The molecule has 2 N–H and O–H groups in total. The highest BCUT2D eigenvalue weighted by Gasteiger charge is 2.16. The first-order valence-electron chi connectivity index (χ1n) is 10.0. The molecule has 1 fully saturated rings. The lowest BCUT2D eigenvalue weighted by Crippen LogP contribution is -2.38. The maximum absolute atomic E-state index is 13.2. The predicted molar refractivity (Wildman–Crippen MR) is 113 cm³/mol. The van der Waals surface area contributed by atoms with Crippen LogP contribution >= 0.6 is 0 Å². The summed E-state index contributed by atoms with van der Waals surface area (Å²) < 4.78 is 13.2. The van der Waals surface area contributed by atoms with Crippen molar-refractivity contribution in [3.63, 3.8) is 0 Å². The van der Waals surface area contributed by atoms with Crippen LogP contribution in [0.1, 0.15) is 30.9 Å². The Labute approximate surface area is 167 Å². The Bertz CT molecular complexity index is 767. The molecule has 1 aromatic heterocycles. The summed E-state index contributed by atoms with van der Waals surface area (Å²) in [6.07, 6.45) is 5.15. The molecule has 1 saturated heterocycles. The van der Waals surface area contributed by atoms with Crippen molar-refractivity contribution in [1.82, 2.24) is 15.6 Å². The number of nitrogens with zero attached hydrogens (tertiary/aromatic N) is 3. The molecule has 0 aliphatic carbocycles. The summed E-state index contributed by atoms with van der Waals surface area (Å²) in [5.74, 6) is 2.41. The van der Waals surface area contributed by atoms with E-state index in [-0.39, 0.29) is 5.82 Å². The fourth-order valence-corrected chi connectivity index (χ4v) is 3.37. The lowest BCUT2D eigenvalue weighted by Gasteiger charge is -2.31. The second-order valence-corrected chi connectivity index (χ2v) is 7.43. The highest BCUT2D eigenvalue weighted by molar-refractivity contribution is 5.79. The van der Waals surface area contributed by atoms with Crippen molar-refractivity contribution in [1.29, 1.82) is 0 Å². The van der Waals surface area contributed by atoms with Gasteiger partial charge in [0.15, 0.2) is 5.96 Å². The number of aliphatic imine (C=N–C) groups is 1. The molecule has 6 heteroatoms. The topological polar surface area (TPSA) is 52.6 Å². The van der Waals surface area contributed by atoms with Gasteiger partial charge in [0.25, 0.3) is 0 Å². The van der Waals surface area contributed by atoms with E-state index in [1.54, 1.807) is 19.2 Å². The van der Waals surface area contributed by atoms with Gasteiger partial charge in [0.2, 0.25) is 0 Å². The van der Waals surface area contributed by atoms with Crippen molar-refractivity contribution in [2.75, 3.05) is 31.6 Å². The number of guanidine groups is 1. The standard InChI is InChI=1S/C22H30FN5/c1-17-9-12-28(13-10-17)21-7-6-19(15-26-21)16-27-22(24-2)25-11-8-18-4-3-5-20(23)14-18/h3-7,14-15,17H,8-13,16H2,1-2H3,(H2,24,25,27). The molecule has 2 aromatic rings. The van der Waals surface area contributed by atoms with Crippen molar-refractivity contribution >= 4 is 11.8 Å². The average molecular weight is 384 g/mol. The number of benzene rings is 1. The number of pyridine rings is 1. The van der Waals surface area contributed by atoms with E-state index in [9.17, 15) is 4.39 Å². The zero-order chi connectivity index (χ0) is 19.8. The van der Waals surface area contributed by atoms with Crippen molar-refractivity contribution < 1.29 is 4.39 Å². The van der Waals surface area contributed by atoms with E-state index in [1.807, 2.05) is 12.3 Å². The molecule has 0 saturated carbocycles. The van der Waals surface area contributed by atoms with E-state index >= 15 is 0 Å². The molecule has 0 spiro atoms. The highest BCUT2D eigenvalue weighted by Crippen LogP contribution is 2.21. The smallest absolute Gasteiger partial charge is 0.191 e. The largest absolute Gasteiger partial charge is 0.357 e. The zero-order valence-corrected chi connectivity index (χ0v) is 16.8. The van der Waals surface area contributed by atoms with Gasteiger partial charge in [0.1, 0.15) is 11.6 Å². The van der Waals surface area contributed by atoms with Crippen molar-refractivity contribution in [3.05, 3.63) is 59.5 Å². The summed E-state index contributed by atoms with van der Waals surface area (Å²) >= 11 is 0. The zero-order valence-electron chi connectivity index (χ0n) is 16.8. The number of aromatic nitrogens is 1. The van der Waals surface area contributed by atoms with Crippen LogP contribution in [-0.4, -0.2) is 37.6 Å². The monoisotopic (exact) mass is 383 g/mol. The number of hydrogen-bond acceptors (Lipinski definition) is 3. The van der Waals surface area contributed by atoms with E-state index in [4.69, 9.17) is 0 Å². The van der Waals surface area contributed by atoms with E-state index in [0.717, 1.165) is 48.3 Å². The highest BCUT2D eigenvalue weighted by atomic mass is 19.1. The Morgan fingerprint density at radius 1 is 1.18 bits per heavy atom. The Balaban J connectivity index is 1.43. The van der Waals surface area contributed by atoms with Crippen LogP contribution in [0.4, 0.5) is 10.2 Å². The van der Waals surface area contributed by atoms with Gasteiger partial charge in [-0.15, -0.1) is 0 Å². The third-order valence-electron chi connectivity index (χ3n) is 5.20. The van der Waals surface area contributed by atoms with Crippen LogP contribution in [0.15, 0.2) is 47.6 Å². The molecule has 150 valence electrons. The SMILES string of the molecule is CN=C(NCCc1cccc(F)c1)NCc1ccc(N2CCC(C)CC2)nc1. The number of hydrogen-bond donors (Lipinski definition) is 2. The summed E-state index contributed by atoms with van der Waals surface area (Å²) in [7, 11) is 1.75. The van der Waals surface area contributed by atoms with Gasteiger partial charge in [-0.2, -0.15) is 0 Å². The van der Waals surface area contributed by atoms with Crippen LogP contribution < -0.4 is 15.5 Å². The molecule has 3 rings (SSSR count). The molecule has 0 radical (unpaired) electrons. The second-order valence-electron chi connectivity index (χ2n) is 7.43. The minimum atomic E-state index is -0.199. The molecular weight excluding hydrogens is 353 g/mol. The lowest BCUT2D eigenvalue weighted by atomic mass is 9.99. The van der Waals surface area contributed by atoms with Gasteiger partial charge in [-0.1, -0.05) is 25.1 Å². The van der Waals surface area contributed by atoms with Gasteiger partial charge in [0.05, 0.1) is 0 Å². The third-order valence-corrected chi connectivity index (χ3v) is 5.20. The number of anilines is 1. The van der Waals surface area contributed by atoms with Gasteiger partial charge >= 0.3 is 0 Å². The molecule has 1 aliphatic rings. The average Bonchev–Trinajstić information content (AvgIpc) is 2.72. The molecule has 0 atom stereocenters. The number of rotatable bonds is 6. The summed E-state index contributed by atoms with van der Waals surface area (Å²) in [4.78, 5) is 11.2. The normalized spacial score (nSPS) is 15.5. The minimum Gasteiger partial charge on any atom is -0.357 e. The van der Waals surface area contributed by atoms with Gasteiger partial charge in [0, 0.05) is 39.4 Å². The van der Waals surface area contributed by atoms with Crippen molar-refractivity contribution in [2.45, 2.75) is 32.7 Å². The van der Waals surface area contributed by atoms with Crippen LogP contribution in [0.2, 0.25) is 0 Å². The van der Waals surface area contributed by atoms with E-state index < -0.39 is 0 Å². The Kier molecular flexibility index (Phi) is 7.23. The Morgan fingerprint density at radius 2 is 2.00 bits per heavy atom. The molecule has 28 heavy (non-hydrogen) atoms. The molecule has 2 heterocycles. The van der Waals surface area contributed by atoms with E-state index in [0.29, 0.717) is 13.1 Å². The van der Waals surface area contributed by atoms with E-state index in [1.165, 1.54) is 18.9 Å². The molecule has 0 amide bonds. The predicted octanol–water partition coefficient (Wildman–Crippen LogP) is 3.36. The molecule has 0 unspecified atom stereocenters. The number of halogens is 1. The van der Waals surface area contributed by atoms with Crippen LogP contribution in [0.5, 0.6) is 0 Å². The maximum atomic E-state index is 13.2. The molecule has 1 aliphatic heterocycles. The first-order valence-corrected chi connectivity index (χ1v) is 10.0. The lowest BCUT2D eigenvalue weighted by molar-refractivity contribution is 0.436. The fourth-order valence-electron chi connectivity index (χ4n) is 3.37.